The molecule has 1 heterocycles. The Morgan fingerprint density at radius 2 is 1.53 bits per heavy atom. The zero-order chi connectivity index (χ0) is 23.5. The van der Waals surface area contributed by atoms with E-state index >= 15 is 0 Å². The number of sulfonamides is 2. The van der Waals surface area contributed by atoms with Crippen LogP contribution < -0.4 is 9.44 Å². The number of nitrogens with one attached hydrogen (secondary N) is 2. The lowest BCUT2D eigenvalue weighted by Gasteiger charge is -2.10. The number of aryl methyl sites for hydroxylation is 2. The Morgan fingerprint density at radius 1 is 0.906 bits per heavy atom. The van der Waals surface area contributed by atoms with Gasteiger partial charge in [0.25, 0.3) is 15.7 Å². The molecule has 2 N–H and O–H groups in total. The summed E-state index contributed by atoms with van der Waals surface area (Å²) < 4.78 is 54.6. The van der Waals surface area contributed by atoms with Gasteiger partial charge in [-0.05, 0) is 49.7 Å². The highest BCUT2D eigenvalue weighted by atomic mass is 32.2. The first-order chi connectivity index (χ1) is 14.9. The van der Waals surface area contributed by atoms with Crippen LogP contribution in [0.4, 0.5) is 17.3 Å². The molecule has 0 saturated carbocycles. The molecule has 13 heteroatoms. The van der Waals surface area contributed by atoms with Gasteiger partial charge in [-0.15, -0.1) is 0 Å². The third-order valence-electron chi connectivity index (χ3n) is 4.12. The van der Waals surface area contributed by atoms with Gasteiger partial charge in [0.15, 0.2) is 0 Å². The van der Waals surface area contributed by atoms with Crippen molar-refractivity contribution < 1.29 is 21.8 Å². The molecule has 0 aliphatic carbocycles. The van der Waals surface area contributed by atoms with Gasteiger partial charge in [0, 0.05) is 29.2 Å². The maximum atomic E-state index is 12.6. The highest BCUT2D eigenvalue weighted by molar-refractivity contribution is 7.92. The van der Waals surface area contributed by atoms with E-state index in [0.717, 1.165) is 0 Å². The van der Waals surface area contributed by atoms with E-state index in [9.17, 15) is 26.9 Å². The van der Waals surface area contributed by atoms with Crippen molar-refractivity contribution in [1.29, 1.82) is 0 Å². The normalized spacial score (nSPS) is 11.7. The van der Waals surface area contributed by atoms with Crippen molar-refractivity contribution in [2.24, 2.45) is 0 Å². The maximum Gasteiger partial charge on any atom is 0.269 e. The Morgan fingerprint density at radius 3 is 2.12 bits per heavy atom. The number of nitrogens with zero attached hydrogens (tertiary/aromatic N) is 3. The van der Waals surface area contributed by atoms with Crippen LogP contribution in [0.5, 0.6) is 0 Å². The van der Waals surface area contributed by atoms with Crippen LogP contribution in [-0.2, 0) is 25.8 Å². The predicted octanol–water partition coefficient (Wildman–Crippen LogP) is 2.74. The topological polar surface area (TPSA) is 161 Å². The molecule has 168 valence electrons. The first kappa shape index (κ1) is 23.1. The van der Waals surface area contributed by atoms with Crippen molar-refractivity contribution in [2.45, 2.75) is 24.5 Å². The molecule has 0 radical (unpaired) electrons. The molecule has 0 spiro atoms. The Balaban J connectivity index is 1.73. The minimum Gasteiger partial charge on any atom is -0.283 e. The molecule has 0 aliphatic rings. The Kier molecular flexibility index (Phi) is 6.41. The number of non-ortho nitro benzene ring substituents is 1. The fourth-order valence-corrected chi connectivity index (χ4v) is 4.98. The molecule has 0 fully saturated rings. The Labute approximate surface area is 184 Å². The Hall–Kier alpha value is -3.58. The van der Waals surface area contributed by atoms with Crippen LogP contribution in [0.3, 0.4) is 0 Å². The predicted molar refractivity (Wildman–Crippen MR) is 118 cm³/mol. The highest BCUT2D eigenvalue weighted by Gasteiger charge is 2.18. The molecule has 3 rings (SSSR count). The zero-order valence-corrected chi connectivity index (χ0v) is 18.6. The SMILES string of the molecule is Cc1cc(C)nc(NS(=O)(=O)c2ccc(NS(=O)(=O)Cc3cccc([N+](=O)[O-])c3)cc2)n1. The van der Waals surface area contributed by atoms with E-state index in [4.69, 9.17) is 0 Å². The van der Waals surface area contributed by atoms with Gasteiger partial charge in [-0.1, -0.05) is 12.1 Å². The first-order valence-corrected chi connectivity index (χ1v) is 12.3. The zero-order valence-electron chi connectivity index (χ0n) is 17.0. The van der Waals surface area contributed by atoms with Crippen molar-refractivity contribution in [3.63, 3.8) is 0 Å². The number of rotatable bonds is 8. The van der Waals surface area contributed by atoms with Crippen LogP contribution in [0, 0.1) is 24.0 Å². The molecule has 0 atom stereocenters. The van der Waals surface area contributed by atoms with Gasteiger partial charge < -0.3 is 0 Å². The fourth-order valence-electron chi connectivity index (χ4n) is 2.85. The number of hydrogen-bond acceptors (Lipinski definition) is 8. The minimum atomic E-state index is -3.98. The van der Waals surface area contributed by atoms with Gasteiger partial charge in [-0.2, -0.15) is 0 Å². The molecular weight excluding hydrogens is 458 g/mol. The van der Waals surface area contributed by atoms with Crippen molar-refractivity contribution in [3.8, 4) is 0 Å². The number of nitro groups is 1. The summed E-state index contributed by atoms with van der Waals surface area (Å²) >= 11 is 0. The van der Waals surface area contributed by atoms with E-state index in [0.29, 0.717) is 11.4 Å². The molecular formula is C19H19N5O6S2. The van der Waals surface area contributed by atoms with Crippen LogP contribution in [-0.4, -0.2) is 31.7 Å². The minimum absolute atomic E-state index is 0.0655. The molecule has 0 unspecified atom stereocenters. The van der Waals surface area contributed by atoms with Gasteiger partial charge in [0.2, 0.25) is 16.0 Å². The third kappa shape index (κ3) is 5.98. The molecule has 1 aromatic heterocycles. The maximum absolute atomic E-state index is 12.6. The van der Waals surface area contributed by atoms with E-state index in [1.807, 2.05) is 0 Å². The Bertz CT molecular complexity index is 1350. The fraction of sp³-hybridized carbons (Fsp3) is 0.158. The van der Waals surface area contributed by atoms with Crippen molar-refractivity contribution in [2.75, 3.05) is 9.44 Å². The number of nitro benzene ring substituents is 1. The van der Waals surface area contributed by atoms with Crippen LogP contribution in [0.2, 0.25) is 0 Å². The third-order valence-corrected chi connectivity index (χ3v) is 6.73. The van der Waals surface area contributed by atoms with Crippen molar-refractivity contribution in [1.82, 2.24) is 9.97 Å². The molecule has 11 nitrogen and oxygen atoms in total. The van der Waals surface area contributed by atoms with Crippen molar-refractivity contribution in [3.05, 3.63) is 81.7 Å². The van der Waals surface area contributed by atoms with Gasteiger partial charge in [-0.25, -0.2) is 31.5 Å². The van der Waals surface area contributed by atoms with Gasteiger partial charge in [-0.3, -0.25) is 14.8 Å². The van der Waals surface area contributed by atoms with Crippen molar-refractivity contribution >= 4 is 37.4 Å². The molecule has 0 bridgehead atoms. The van der Waals surface area contributed by atoms with Crippen LogP contribution in [0.25, 0.3) is 0 Å². The number of hydrogen-bond donors (Lipinski definition) is 2. The van der Waals surface area contributed by atoms with Crippen LogP contribution >= 0.6 is 0 Å². The second kappa shape index (κ2) is 8.88. The summed E-state index contributed by atoms with van der Waals surface area (Å²) in [6, 6.07) is 12.1. The van der Waals surface area contributed by atoms with Gasteiger partial charge >= 0.3 is 0 Å². The summed E-state index contributed by atoms with van der Waals surface area (Å²) in [6.45, 7) is 3.42. The average molecular weight is 478 g/mol. The lowest BCUT2D eigenvalue weighted by molar-refractivity contribution is -0.384. The van der Waals surface area contributed by atoms with Gasteiger partial charge in [0.05, 0.1) is 15.6 Å². The largest absolute Gasteiger partial charge is 0.283 e. The van der Waals surface area contributed by atoms with E-state index in [2.05, 4.69) is 19.4 Å². The average Bonchev–Trinajstić information content (AvgIpc) is 2.66. The second-order valence-electron chi connectivity index (χ2n) is 6.89. The smallest absolute Gasteiger partial charge is 0.269 e. The van der Waals surface area contributed by atoms with Crippen LogP contribution in [0.1, 0.15) is 17.0 Å². The lowest BCUT2D eigenvalue weighted by Crippen LogP contribution is -2.17. The summed E-state index contributed by atoms with van der Waals surface area (Å²) in [7, 11) is -7.88. The highest BCUT2D eigenvalue weighted by Crippen LogP contribution is 2.20. The summed E-state index contributed by atoms with van der Waals surface area (Å²) in [6.07, 6.45) is 0. The molecule has 3 aromatic rings. The molecule has 32 heavy (non-hydrogen) atoms. The molecule has 0 saturated heterocycles. The molecule has 0 aliphatic heterocycles. The van der Waals surface area contributed by atoms with E-state index in [1.54, 1.807) is 19.9 Å². The molecule has 0 amide bonds. The summed E-state index contributed by atoms with van der Waals surface area (Å²) in [5.74, 6) is -0.551. The van der Waals surface area contributed by atoms with Gasteiger partial charge in [0.1, 0.15) is 0 Å². The van der Waals surface area contributed by atoms with Crippen LogP contribution in [0.15, 0.2) is 59.5 Å². The summed E-state index contributed by atoms with van der Waals surface area (Å²) in [5.41, 5.74) is 1.36. The monoisotopic (exact) mass is 477 g/mol. The lowest BCUT2D eigenvalue weighted by atomic mass is 10.2. The van der Waals surface area contributed by atoms with E-state index in [-0.39, 0.29) is 27.8 Å². The quantitative estimate of drug-likeness (QED) is 0.370. The number of aromatic nitrogens is 2. The second-order valence-corrected chi connectivity index (χ2v) is 10.3. The summed E-state index contributed by atoms with van der Waals surface area (Å²) in [4.78, 5) is 18.2. The summed E-state index contributed by atoms with van der Waals surface area (Å²) in [5, 5.41) is 10.8. The van der Waals surface area contributed by atoms with E-state index in [1.165, 1.54) is 48.5 Å². The van der Waals surface area contributed by atoms with E-state index < -0.39 is 30.7 Å². The number of benzene rings is 2. The standard InChI is InChI=1S/C19H19N5O6S2/c1-13-10-14(2)21-19(20-13)23-32(29,30)18-8-6-16(7-9-18)22-31(27,28)12-15-4-3-5-17(11-15)24(25)26/h3-11,22H,12H2,1-2H3,(H,20,21,23). The number of anilines is 2. The molecule has 2 aromatic carbocycles. The first-order valence-electron chi connectivity index (χ1n) is 9.12.